The highest BCUT2D eigenvalue weighted by Gasteiger charge is 2.16. The summed E-state index contributed by atoms with van der Waals surface area (Å²) >= 11 is 0. The van der Waals surface area contributed by atoms with E-state index in [0.29, 0.717) is 22.7 Å². The van der Waals surface area contributed by atoms with Crippen LogP contribution in [-0.2, 0) is 0 Å². The van der Waals surface area contributed by atoms with Crippen molar-refractivity contribution in [1.29, 1.82) is 0 Å². The van der Waals surface area contributed by atoms with Crippen LogP contribution in [0, 0.1) is 0 Å². The van der Waals surface area contributed by atoms with E-state index in [1.807, 2.05) is 13.8 Å². The standard InChI is InChI=1S/C9H17N4P/c1-3(2)4-5(10)6(11)7(12)8(13)9(4)14/h3H,10-14H2,1-2H3. The van der Waals surface area contributed by atoms with Crippen LogP contribution in [0.15, 0.2) is 0 Å². The molecule has 0 amide bonds. The summed E-state index contributed by atoms with van der Waals surface area (Å²) in [4.78, 5) is 0. The number of nitrogens with two attached hydrogens (primary N) is 4. The van der Waals surface area contributed by atoms with Gasteiger partial charge in [-0.1, -0.05) is 13.8 Å². The molecule has 14 heavy (non-hydrogen) atoms. The smallest absolute Gasteiger partial charge is 0.0809 e. The normalized spacial score (nSPS) is 10.9. The summed E-state index contributed by atoms with van der Waals surface area (Å²) in [6.45, 7) is 4.07. The topological polar surface area (TPSA) is 104 Å². The lowest BCUT2D eigenvalue weighted by molar-refractivity contribution is 0.878. The van der Waals surface area contributed by atoms with Gasteiger partial charge in [-0.2, -0.15) is 0 Å². The second-order valence-electron chi connectivity index (χ2n) is 3.64. The zero-order valence-electron chi connectivity index (χ0n) is 8.46. The Bertz CT molecular complexity index is 345. The van der Waals surface area contributed by atoms with Gasteiger partial charge in [0.2, 0.25) is 0 Å². The zero-order valence-corrected chi connectivity index (χ0v) is 9.62. The highest BCUT2D eigenvalue weighted by molar-refractivity contribution is 7.28. The molecule has 1 aromatic rings. The molecule has 1 unspecified atom stereocenters. The Balaban J connectivity index is 3.60. The van der Waals surface area contributed by atoms with Crippen LogP contribution in [0.3, 0.4) is 0 Å². The average Bonchev–Trinajstić information content (AvgIpc) is 2.11. The maximum Gasteiger partial charge on any atom is 0.0809 e. The summed E-state index contributed by atoms with van der Waals surface area (Å²) in [6, 6.07) is 0. The molecule has 0 fully saturated rings. The van der Waals surface area contributed by atoms with Gasteiger partial charge >= 0.3 is 0 Å². The second kappa shape index (κ2) is 3.54. The highest BCUT2D eigenvalue weighted by Crippen LogP contribution is 2.35. The molecule has 0 radical (unpaired) electrons. The van der Waals surface area contributed by atoms with Gasteiger partial charge in [-0.15, -0.1) is 9.24 Å². The first-order valence-corrected chi connectivity index (χ1v) is 4.96. The first-order chi connectivity index (χ1) is 6.37. The largest absolute Gasteiger partial charge is 0.397 e. The van der Waals surface area contributed by atoms with Crippen LogP contribution in [0.4, 0.5) is 22.7 Å². The molecule has 1 aromatic carbocycles. The van der Waals surface area contributed by atoms with Crippen molar-refractivity contribution < 1.29 is 0 Å². The molecule has 0 aliphatic rings. The Morgan fingerprint density at radius 2 is 1.29 bits per heavy atom. The molecule has 4 nitrogen and oxygen atoms in total. The quantitative estimate of drug-likeness (QED) is 0.405. The van der Waals surface area contributed by atoms with Crippen LogP contribution in [0.5, 0.6) is 0 Å². The van der Waals surface area contributed by atoms with E-state index in [1.54, 1.807) is 0 Å². The molecule has 8 N–H and O–H groups in total. The van der Waals surface area contributed by atoms with Gasteiger partial charge in [-0.05, 0) is 11.5 Å². The fourth-order valence-electron chi connectivity index (χ4n) is 1.49. The van der Waals surface area contributed by atoms with Crippen molar-refractivity contribution in [2.45, 2.75) is 19.8 Å². The third kappa shape index (κ3) is 1.46. The third-order valence-electron chi connectivity index (χ3n) is 2.32. The molecular formula is C9H17N4P. The van der Waals surface area contributed by atoms with Gasteiger partial charge in [0.1, 0.15) is 0 Å². The second-order valence-corrected chi connectivity index (χ2v) is 4.21. The van der Waals surface area contributed by atoms with Crippen molar-refractivity contribution in [3.63, 3.8) is 0 Å². The van der Waals surface area contributed by atoms with E-state index in [-0.39, 0.29) is 5.92 Å². The average molecular weight is 212 g/mol. The molecule has 0 bridgehead atoms. The van der Waals surface area contributed by atoms with E-state index >= 15 is 0 Å². The molecule has 0 heterocycles. The van der Waals surface area contributed by atoms with Gasteiger partial charge in [0.15, 0.2) is 0 Å². The summed E-state index contributed by atoms with van der Waals surface area (Å²) in [5, 5.41) is 0.851. The lowest BCUT2D eigenvalue weighted by Gasteiger charge is -2.19. The highest BCUT2D eigenvalue weighted by atomic mass is 31.0. The molecule has 1 atom stereocenters. The molecule has 0 aromatic heterocycles. The molecule has 0 saturated carbocycles. The van der Waals surface area contributed by atoms with Crippen LogP contribution in [0.2, 0.25) is 0 Å². The molecule has 0 spiro atoms. The Morgan fingerprint density at radius 3 is 1.71 bits per heavy atom. The summed E-state index contributed by atoms with van der Waals surface area (Å²) in [5.41, 5.74) is 25.9. The number of nitrogen functional groups attached to an aromatic ring is 4. The van der Waals surface area contributed by atoms with Gasteiger partial charge in [-0.25, -0.2) is 0 Å². The van der Waals surface area contributed by atoms with Crippen LogP contribution in [-0.4, -0.2) is 0 Å². The maximum atomic E-state index is 5.88. The lowest BCUT2D eigenvalue weighted by atomic mass is 9.98. The number of rotatable bonds is 1. The van der Waals surface area contributed by atoms with E-state index in [4.69, 9.17) is 22.9 Å². The van der Waals surface area contributed by atoms with Gasteiger partial charge in [0.05, 0.1) is 22.7 Å². The minimum atomic E-state index is 0.271. The fraction of sp³-hybridized carbons (Fsp3) is 0.333. The van der Waals surface area contributed by atoms with Crippen molar-refractivity contribution in [1.82, 2.24) is 0 Å². The van der Waals surface area contributed by atoms with Crippen molar-refractivity contribution in [3.05, 3.63) is 5.56 Å². The first kappa shape index (κ1) is 10.9. The summed E-state index contributed by atoms with van der Waals surface area (Å²) in [5.74, 6) is 0.271. The van der Waals surface area contributed by atoms with Gasteiger partial charge in [0.25, 0.3) is 0 Å². The number of hydrogen-bond donors (Lipinski definition) is 4. The summed E-state index contributed by atoms with van der Waals surface area (Å²) < 4.78 is 0. The van der Waals surface area contributed by atoms with Crippen molar-refractivity contribution in [2.24, 2.45) is 0 Å². The third-order valence-corrected chi connectivity index (χ3v) is 2.94. The van der Waals surface area contributed by atoms with Crippen molar-refractivity contribution >= 4 is 37.3 Å². The lowest BCUT2D eigenvalue weighted by Crippen LogP contribution is -2.17. The van der Waals surface area contributed by atoms with Crippen molar-refractivity contribution in [2.75, 3.05) is 22.9 Å². The first-order valence-electron chi connectivity index (χ1n) is 4.39. The molecule has 0 aliphatic heterocycles. The van der Waals surface area contributed by atoms with Crippen LogP contribution >= 0.6 is 9.24 Å². The summed E-state index contributed by atoms with van der Waals surface area (Å²) in [7, 11) is 2.56. The zero-order chi connectivity index (χ0) is 11.0. The van der Waals surface area contributed by atoms with E-state index in [9.17, 15) is 0 Å². The Kier molecular flexibility index (Phi) is 2.76. The molecular weight excluding hydrogens is 195 g/mol. The number of benzene rings is 1. The van der Waals surface area contributed by atoms with Crippen LogP contribution < -0.4 is 28.2 Å². The minimum Gasteiger partial charge on any atom is -0.397 e. The molecule has 5 heteroatoms. The molecule has 0 aliphatic carbocycles. The van der Waals surface area contributed by atoms with E-state index in [1.165, 1.54) is 0 Å². The van der Waals surface area contributed by atoms with E-state index in [2.05, 4.69) is 9.24 Å². The van der Waals surface area contributed by atoms with Gasteiger partial charge < -0.3 is 22.9 Å². The maximum absolute atomic E-state index is 5.88. The van der Waals surface area contributed by atoms with E-state index < -0.39 is 0 Å². The SMILES string of the molecule is CC(C)c1c(N)c(N)c(N)c(N)c1P. The number of hydrogen-bond acceptors (Lipinski definition) is 4. The van der Waals surface area contributed by atoms with Gasteiger partial charge in [-0.3, -0.25) is 0 Å². The monoisotopic (exact) mass is 212 g/mol. The summed E-state index contributed by atoms with van der Waals surface area (Å²) in [6.07, 6.45) is 0. The Morgan fingerprint density at radius 1 is 0.857 bits per heavy atom. The van der Waals surface area contributed by atoms with Gasteiger partial charge in [0, 0.05) is 5.30 Å². The van der Waals surface area contributed by atoms with E-state index in [0.717, 1.165) is 10.9 Å². The van der Waals surface area contributed by atoms with Crippen LogP contribution in [0.1, 0.15) is 25.3 Å². The van der Waals surface area contributed by atoms with Crippen molar-refractivity contribution in [3.8, 4) is 0 Å². The predicted octanol–water partition coefficient (Wildman–Crippen LogP) is 0.639. The minimum absolute atomic E-state index is 0.271. The fourth-order valence-corrected chi connectivity index (χ4v) is 2.14. The number of anilines is 4. The molecule has 78 valence electrons. The Labute approximate surface area is 86.2 Å². The van der Waals surface area contributed by atoms with Crippen LogP contribution in [0.25, 0.3) is 0 Å². The Hall–Kier alpha value is -1.15. The molecule has 0 saturated heterocycles. The predicted molar refractivity (Wildman–Crippen MR) is 67.5 cm³/mol. The molecule has 1 rings (SSSR count).